The molecule has 1 fully saturated rings. The van der Waals surface area contributed by atoms with Gasteiger partial charge in [-0.25, -0.2) is 14.6 Å². The van der Waals surface area contributed by atoms with Gasteiger partial charge in [-0.3, -0.25) is 14.4 Å². The molecule has 3 aromatic rings. The molecule has 4 rings (SSSR count). The van der Waals surface area contributed by atoms with E-state index in [2.05, 4.69) is 29.1 Å². The summed E-state index contributed by atoms with van der Waals surface area (Å²) in [6.45, 7) is 11.2. The monoisotopic (exact) mass is 768 g/mol. The molecule has 1 aliphatic rings. The second-order valence-corrected chi connectivity index (χ2v) is 14.1. The van der Waals surface area contributed by atoms with Gasteiger partial charge in [-0.1, -0.05) is 63.1 Å². The summed E-state index contributed by atoms with van der Waals surface area (Å²) >= 11 is 0. The number of hydrogen-bond donors (Lipinski definition) is 4. The van der Waals surface area contributed by atoms with Crippen LogP contribution in [0.4, 0.5) is 4.79 Å². The van der Waals surface area contributed by atoms with Crippen molar-refractivity contribution in [3.8, 4) is 11.1 Å². The summed E-state index contributed by atoms with van der Waals surface area (Å²) in [5.41, 5.74) is 2.33. The van der Waals surface area contributed by atoms with Crippen molar-refractivity contribution in [1.82, 2.24) is 15.6 Å². The fraction of sp³-hybridized carbons (Fsp3) is 0.419. The summed E-state index contributed by atoms with van der Waals surface area (Å²) < 4.78 is 15.9. The molecule has 1 saturated carbocycles. The molecule has 0 saturated heterocycles. The third-order valence-corrected chi connectivity index (χ3v) is 9.03. The van der Waals surface area contributed by atoms with Crippen LogP contribution in [0, 0.1) is 11.3 Å². The molecule has 13 heteroatoms. The number of pyridine rings is 1. The lowest BCUT2D eigenvalue weighted by Crippen LogP contribution is -2.34. The highest BCUT2D eigenvalue weighted by atomic mass is 16.7. The largest absolute Gasteiger partial charge is 0.465 e. The number of unbranched alkanes of at least 4 members (excludes halogenated alkanes) is 3. The molecule has 0 bridgehead atoms. The number of nitrogens with one attached hydrogen (secondary N) is 3. The Morgan fingerprint density at radius 1 is 0.982 bits per heavy atom. The van der Waals surface area contributed by atoms with E-state index in [1.807, 2.05) is 0 Å². The van der Waals surface area contributed by atoms with Crippen LogP contribution in [0.3, 0.4) is 0 Å². The molecule has 0 aliphatic heterocycles. The highest BCUT2D eigenvalue weighted by Crippen LogP contribution is 2.33. The third kappa shape index (κ3) is 12.7. The summed E-state index contributed by atoms with van der Waals surface area (Å²) in [7, 11) is 0. The zero-order chi connectivity index (χ0) is 40.8. The van der Waals surface area contributed by atoms with Crippen molar-refractivity contribution in [2.45, 2.75) is 98.0 Å². The first-order valence-corrected chi connectivity index (χ1v) is 19.1. The van der Waals surface area contributed by atoms with E-state index >= 15 is 0 Å². The van der Waals surface area contributed by atoms with Gasteiger partial charge < -0.3 is 35.4 Å². The minimum atomic E-state index is -1.34. The van der Waals surface area contributed by atoms with E-state index in [9.17, 15) is 29.1 Å². The summed E-state index contributed by atoms with van der Waals surface area (Å²) in [6, 6.07) is 12.6. The molecule has 4 N–H and O–H groups in total. The molecule has 2 amide bonds. The van der Waals surface area contributed by atoms with Gasteiger partial charge in [0.15, 0.2) is 11.5 Å². The molecule has 1 aliphatic carbocycles. The molecule has 298 valence electrons. The maximum atomic E-state index is 14.1. The Balaban J connectivity index is 1.63. The Labute approximate surface area is 327 Å². The van der Waals surface area contributed by atoms with Crippen molar-refractivity contribution in [2.24, 2.45) is 5.92 Å². The van der Waals surface area contributed by atoms with Gasteiger partial charge in [-0.2, -0.15) is 0 Å². The van der Waals surface area contributed by atoms with E-state index in [-0.39, 0.29) is 58.5 Å². The van der Waals surface area contributed by atoms with E-state index < -0.39 is 36.8 Å². The van der Waals surface area contributed by atoms with Crippen molar-refractivity contribution in [3.63, 3.8) is 0 Å². The zero-order valence-electron chi connectivity index (χ0n) is 32.6. The molecule has 0 spiro atoms. The van der Waals surface area contributed by atoms with Crippen LogP contribution in [0.5, 0.6) is 0 Å². The van der Waals surface area contributed by atoms with Crippen LogP contribution >= 0.6 is 0 Å². The van der Waals surface area contributed by atoms with Crippen LogP contribution in [0.15, 0.2) is 55.1 Å². The first-order chi connectivity index (χ1) is 26.8. The molecule has 2 aromatic carbocycles. The summed E-state index contributed by atoms with van der Waals surface area (Å²) in [5.74, 6) is -1.94. The van der Waals surface area contributed by atoms with Crippen LogP contribution in [0.2, 0.25) is 0 Å². The number of benzene rings is 2. The van der Waals surface area contributed by atoms with Gasteiger partial charge in [0, 0.05) is 42.8 Å². The molecule has 13 nitrogen and oxygen atoms in total. The minimum absolute atomic E-state index is 0.0589. The van der Waals surface area contributed by atoms with E-state index in [1.165, 1.54) is 25.1 Å². The lowest BCUT2D eigenvalue weighted by atomic mass is 9.89. The van der Waals surface area contributed by atoms with Crippen molar-refractivity contribution >= 4 is 41.5 Å². The second-order valence-electron chi connectivity index (χ2n) is 14.1. The number of Topliss-reactive ketones (excluding diaryl/α,β-unsaturated/α-hetero) is 1. The van der Waals surface area contributed by atoms with Gasteiger partial charge in [0.05, 0.1) is 19.6 Å². The summed E-state index contributed by atoms with van der Waals surface area (Å²) in [4.78, 5) is 69.9. The number of alkyl carbamates (subject to hydrolysis) is 1. The predicted molar refractivity (Wildman–Crippen MR) is 211 cm³/mol. The Bertz CT molecular complexity index is 1920. The lowest BCUT2D eigenvalue weighted by Gasteiger charge is -2.19. The number of carbonyl (C=O) groups is 5. The molecule has 1 heterocycles. The number of nitrogens with zero attached hydrogens (tertiary/aromatic N) is 1. The maximum absolute atomic E-state index is 14.1. The van der Waals surface area contributed by atoms with Crippen molar-refractivity contribution in [2.75, 3.05) is 13.2 Å². The third-order valence-electron chi connectivity index (χ3n) is 9.03. The number of aliphatic hydroxyl groups excluding tert-OH is 1. The van der Waals surface area contributed by atoms with Gasteiger partial charge in [-0.15, -0.1) is 0 Å². The van der Waals surface area contributed by atoms with Gasteiger partial charge in [0.2, 0.25) is 6.29 Å². The average molecular weight is 769 g/mol. The molecule has 1 unspecified atom stereocenters. The second kappa shape index (κ2) is 20.8. The number of rotatable bonds is 21. The highest BCUT2D eigenvalue weighted by molar-refractivity contribution is 6.09. The van der Waals surface area contributed by atoms with Crippen LogP contribution in [0.25, 0.3) is 17.2 Å². The Hall–Kier alpha value is -5.69. The fourth-order valence-electron chi connectivity index (χ4n) is 5.82. The van der Waals surface area contributed by atoms with E-state index in [1.54, 1.807) is 50.2 Å². The number of aliphatic hydroxyl groups is 1. The lowest BCUT2D eigenvalue weighted by molar-refractivity contribution is -0.142. The van der Waals surface area contributed by atoms with Gasteiger partial charge >= 0.3 is 18.0 Å². The van der Waals surface area contributed by atoms with Gasteiger partial charge in [0.25, 0.3) is 5.91 Å². The topological polar surface area (TPSA) is 194 Å². The molecule has 1 atom stereocenters. The van der Waals surface area contributed by atoms with Crippen LogP contribution in [-0.4, -0.2) is 71.0 Å². The first kappa shape index (κ1) is 43.0. The fourth-order valence-corrected chi connectivity index (χ4v) is 5.82. The van der Waals surface area contributed by atoms with Crippen LogP contribution in [-0.2, 0) is 32.0 Å². The number of amides is 2. The standard InChI is InChI=1S/C43H52N4O9/c1-6-8-9-10-19-54-39(50)23-36(44)31-15-13-28(14-16-31)20-38(49)35-21-30(7-2)32(25-48)22-34(35)33-17-18-37(41(51)45-24-29-11-12-29)47-40(33)42(52)55-27(5)56-43(53)46-26(3)4/h7,13-18,21-22,26-27,29,44,48H,2,6,8-12,19-20,23-25H2,1,3-5H3,(H,45,51)(H,46,53). The highest BCUT2D eigenvalue weighted by Gasteiger charge is 2.27. The number of ether oxygens (including phenoxy) is 3. The van der Waals surface area contributed by atoms with Crippen LogP contribution in [0.1, 0.15) is 126 Å². The van der Waals surface area contributed by atoms with Crippen molar-refractivity contribution in [3.05, 3.63) is 94.3 Å². The Morgan fingerprint density at radius 3 is 2.36 bits per heavy atom. The van der Waals surface area contributed by atoms with E-state index in [4.69, 9.17) is 19.6 Å². The number of hydrogen-bond acceptors (Lipinski definition) is 11. The number of ketones is 1. The van der Waals surface area contributed by atoms with Crippen molar-refractivity contribution < 1.29 is 43.3 Å². The normalized spacial score (nSPS) is 12.7. The summed E-state index contributed by atoms with van der Waals surface area (Å²) in [6.07, 6.45) is 5.05. The van der Waals surface area contributed by atoms with Crippen LogP contribution < -0.4 is 10.6 Å². The Kier molecular flexibility index (Phi) is 16.0. The average Bonchev–Trinajstić information content (AvgIpc) is 4.00. The Morgan fingerprint density at radius 2 is 1.71 bits per heavy atom. The van der Waals surface area contributed by atoms with E-state index in [0.29, 0.717) is 41.3 Å². The number of aromatic nitrogens is 1. The smallest absolute Gasteiger partial charge is 0.410 e. The van der Waals surface area contributed by atoms with Gasteiger partial charge in [0.1, 0.15) is 5.69 Å². The number of carbonyl (C=O) groups excluding carboxylic acids is 5. The molecule has 0 radical (unpaired) electrons. The predicted octanol–water partition coefficient (Wildman–Crippen LogP) is 6.97. The molecular weight excluding hydrogens is 716 g/mol. The first-order valence-electron chi connectivity index (χ1n) is 19.1. The quantitative estimate of drug-likeness (QED) is 0.0289. The van der Waals surface area contributed by atoms with E-state index in [0.717, 1.165) is 38.5 Å². The van der Waals surface area contributed by atoms with Crippen molar-refractivity contribution in [1.29, 1.82) is 5.41 Å². The zero-order valence-corrected chi connectivity index (χ0v) is 32.6. The van der Waals surface area contributed by atoms with Gasteiger partial charge in [-0.05, 0) is 91.1 Å². The summed E-state index contributed by atoms with van der Waals surface area (Å²) in [5, 5.41) is 24.0. The molecule has 56 heavy (non-hydrogen) atoms. The SMILES string of the molecule is C=Cc1cc(C(=O)Cc2ccc(C(=N)CC(=O)OCCCCCC)cc2)c(-c2ccc(C(=O)NCC3CC3)nc2C(=O)OC(C)OC(=O)NC(C)C)cc1CO. The number of esters is 2. The minimum Gasteiger partial charge on any atom is -0.465 e. The maximum Gasteiger partial charge on any atom is 0.410 e. The molecular formula is C43H52N4O9. The molecule has 1 aromatic heterocycles.